The highest BCUT2D eigenvalue weighted by Gasteiger charge is 2.47. The first-order valence-corrected chi connectivity index (χ1v) is 23.8. The average molecular weight is 1250 g/mol. The highest BCUT2D eigenvalue weighted by atomic mass is 127. The lowest BCUT2D eigenvalue weighted by molar-refractivity contribution is -0.586. The summed E-state index contributed by atoms with van der Waals surface area (Å²) in [7, 11) is 0. The summed E-state index contributed by atoms with van der Waals surface area (Å²) < 4.78 is 344. The Hall–Kier alpha value is -4.03. The summed E-state index contributed by atoms with van der Waals surface area (Å²) in [5, 5.41) is 4.25. The topological polar surface area (TPSA) is 0 Å². The van der Waals surface area contributed by atoms with Gasteiger partial charge in [0, 0.05) is 11.1 Å². The lowest BCUT2D eigenvalue weighted by Crippen LogP contribution is -3.61. The van der Waals surface area contributed by atoms with Gasteiger partial charge in [-0.2, -0.15) is 127 Å². The van der Waals surface area contributed by atoms with E-state index in [1.54, 1.807) is 0 Å². The van der Waals surface area contributed by atoms with Gasteiger partial charge in [0.2, 0.25) is 0 Å². The minimum atomic E-state index is -6.13. The number of alkyl halides is 26. The molecule has 30 heteroatoms. The van der Waals surface area contributed by atoms with Crippen molar-refractivity contribution in [2.45, 2.75) is 61.2 Å². The number of hydrogen-bond acceptors (Lipinski definition) is 2. The number of thiophene rings is 2. The molecule has 6 rings (SSSR count). The molecule has 6 aromatic rings. The van der Waals surface area contributed by atoms with Gasteiger partial charge in [0.1, 0.15) is 6.15 Å². The van der Waals surface area contributed by atoms with Gasteiger partial charge in [-0.3, -0.25) is 0 Å². The predicted molar refractivity (Wildman–Crippen MR) is 215 cm³/mol. The van der Waals surface area contributed by atoms with E-state index in [9.17, 15) is 105 Å². The summed E-state index contributed by atoms with van der Waals surface area (Å²) in [5.41, 5.74) is -27.6. The largest absolute Gasteiger partial charge is 0.416 e. The molecule has 0 unspecified atom stereocenters. The Labute approximate surface area is 416 Å². The van der Waals surface area contributed by atoms with Crippen LogP contribution in [-0.2, 0) is 61.2 Å². The minimum Gasteiger partial charge on any atom is -0.194 e. The van der Waals surface area contributed by atoms with Crippen molar-refractivity contribution in [1.82, 2.24) is 0 Å². The Morgan fingerprint density at radius 3 is 0.653 bits per heavy atom. The van der Waals surface area contributed by atoms with Crippen LogP contribution < -0.4 is 43.1 Å². The zero-order valence-electron chi connectivity index (χ0n) is 34.3. The van der Waals surface area contributed by atoms with Crippen LogP contribution in [0.25, 0.3) is 0 Å². The van der Waals surface area contributed by atoms with Crippen molar-refractivity contribution in [1.29, 1.82) is 0 Å². The van der Waals surface area contributed by atoms with E-state index in [2.05, 4.69) is 22.9 Å². The predicted octanol–water partition coefficient (Wildman–Crippen LogP) is 12.6. The molecular formula is C42H20BCl2F24IS2. The maximum atomic E-state index is 14.2. The Bertz CT molecular complexity index is 2400. The third kappa shape index (κ3) is 13.4. The molecule has 0 bridgehead atoms. The first kappa shape index (κ1) is 58.9. The van der Waals surface area contributed by atoms with Crippen LogP contribution in [-0.4, -0.2) is 6.15 Å². The van der Waals surface area contributed by atoms with E-state index in [4.69, 9.17) is 23.2 Å². The van der Waals surface area contributed by atoms with Crippen LogP contribution in [0, 0.1) is 5.77 Å². The lowest BCUT2D eigenvalue weighted by Gasteiger charge is -2.46. The van der Waals surface area contributed by atoms with Crippen molar-refractivity contribution in [3.8, 4) is 0 Å². The number of benzene rings is 4. The summed E-state index contributed by atoms with van der Waals surface area (Å²) in [4.78, 5) is 0. The summed E-state index contributed by atoms with van der Waals surface area (Å²) in [6.45, 7) is 0. The molecule has 0 saturated heterocycles. The van der Waals surface area contributed by atoms with Crippen molar-refractivity contribution < 1.29 is 127 Å². The molecule has 0 aliphatic heterocycles. The van der Waals surface area contributed by atoms with Crippen LogP contribution in [0.15, 0.2) is 95.7 Å². The van der Waals surface area contributed by atoms with Crippen molar-refractivity contribution in [3.63, 3.8) is 0 Å². The molecule has 0 atom stereocenters. The highest BCUT2D eigenvalue weighted by Crippen LogP contribution is 2.41. The van der Waals surface area contributed by atoms with Gasteiger partial charge in [-0.1, -0.05) is 71.2 Å². The van der Waals surface area contributed by atoms with Gasteiger partial charge in [-0.15, -0.1) is 23.2 Å². The molecule has 0 spiro atoms. The standard InChI is InChI=1S/C32H12BF24.C10H8Cl2IS2/c34-25(35,36)13-1-14(26(37,38)39)6-21(5-13)33(22-7-15(27(40,41)42)2-16(8-22)28(43,44)45,23-9-17(29(46,47)48)3-18(10-23)30(49,50)51)24-11-19(31(52,53)54)4-20(12-24)32(55,56)57;11-5-7-1-3-14-9(7)13-10-8(6-12)2-4-15-10/h1-12H;1-4H,5-6H2/q-1;+1. The number of hydrogen-bond donors (Lipinski definition) is 0. The molecule has 2 aromatic heterocycles. The quantitative estimate of drug-likeness (QED) is 0.0617. The Morgan fingerprint density at radius 2 is 0.500 bits per heavy atom. The lowest BCUT2D eigenvalue weighted by atomic mass is 9.12. The second-order valence-electron chi connectivity index (χ2n) is 15.0. The van der Waals surface area contributed by atoms with Crippen LogP contribution in [0.3, 0.4) is 0 Å². The molecule has 0 radical (unpaired) electrons. The van der Waals surface area contributed by atoms with Gasteiger partial charge in [0.25, 0.3) is 5.77 Å². The first-order valence-electron chi connectivity index (χ1n) is 18.9. The van der Waals surface area contributed by atoms with Crippen LogP contribution in [0.1, 0.15) is 55.6 Å². The number of rotatable bonds is 8. The second-order valence-corrected chi connectivity index (χ2v) is 21.6. The van der Waals surface area contributed by atoms with E-state index >= 15 is 0 Å². The molecule has 0 N–H and O–H groups in total. The van der Waals surface area contributed by atoms with Gasteiger partial charge in [-0.25, -0.2) is 0 Å². The SMILES string of the molecule is ClCc1ccsc1[I+]c1sccc1CCl.FC(F)(F)c1cc([B-](c2cc(C(F)(F)F)cc(C(F)(F)F)c2)(c2cc(C(F)(F)F)cc(C(F)(F)F)c2)c2cc(C(F)(F)F)cc(C(F)(F)F)c2)cc(C(F)(F)F)c1. The van der Waals surface area contributed by atoms with Gasteiger partial charge < -0.3 is 0 Å². The number of halogens is 27. The van der Waals surface area contributed by atoms with Crippen LogP contribution in [0.4, 0.5) is 105 Å². The molecule has 4 aromatic carbocycles. The molecule has 0 aliphatic carbocycles. The zero-order chi connectivity index (χ0) is 54.6. The molecule has 392 valence electrons. The van der Waals surface area contributed by atoms with Gasteiger partial charge in [0.05, 0.1) is 56.3 Å². The summed E-state index contributed by atoms with van der Waals surface area (Å²) >= 11 is 15.3. The summed E-state index contributed by atoms with van der Waals surface area (Å²) in [5.74, 6) is 1.25. The second kappa shape index (κ2) is 20.6. The Morgan fingerprint density at radius 1 is 0.319 bits per heavy atom. The Balaban J connectivity index is 0.000000542. The fraction of sp³-hybridized carbons (Fsp3) is 0.238. The molecule has 0 fully saturated rings. The van der Waals surface area contributed by atoms with E-state index in [0.717, 1.165) is 0 Å². The molecule has 0 amide bonds. The van der Waals surface area contributed by atoms with Gasteiger partial charge in [0.15, 0.2) is 0 Å². The van der Waals surface area contributed by atoms with Gasteiger partial charge >= 0.3 is 70.6 Å². The summed E-state index contributed by atoms with van der Waals surface area (Å²) in [6.07, 6.45) is -54.8. The normalized spacial score (nSPS) is 13.6. The monoisotopic (exact) mass is 1250 g/mol. The molecule has 2 heterocycles. The molecule has 0 aliphatic rings. The van der Waals surface area contributed by atoms with E-state index in [1.807, 2.05) is 22.7 Å². The van der Waals surface area contributed by atoms with E-state index < -0.39 is 195 Å². The smallest absolute Gasteiger partial charge is 0.194 e. The van der Waals surface area contributed by atoms with Crippen molar-refractivity contribution in [2.75, 3.05) is 0 Å². The molecular weight excluding hydrogens is 1230 g/mol. The fourth-order valence-corrected chi connectivity index (χ4v) is 14.5. The van der Waals surface area contributed by atoms with Crippen LogP contribution in [0.2, 0.25) is 0 Å². The Kier molecular flexibility index (Phi) is 16.8. The first-order chi connectivity index (χ1) is 32.6. The molecule has 72 heavy (non-hydrogen) atoms. The van der Waals surface area contributed by atoms with Crippen molar-refractivity contribution in [3.05, 3.63) is 157 Å². The maximum absolute atomic E-state index is 14.2. The maximum Gasteiger partial charge on any atom is 0.416 e. The van der Waals surface area contributed by atoms with E-state index in [0.29, 0.717) is 11.8 Å². The third-order valence-electron chi connectivity index (χ3n) is 10.3. The fourth-order valence-electron chi connectivity index (χ4n) is 7.14. The van der Waals surface area contributed by atoms with E-state index in [-0.39, 0.29) is 21.2 Å². The molecule has 0 nitrogen and oxygen atoms in total. The average Bonchev–Trinajstić information content (AvgIpc) is 3.90. The van der Waals surface area contributed by atoms with E-state index in [1.165, 1.54) is 16.9 Å². The van der Waals surface area contributed by atoms with Crippen LogP contribution >= 0.6 is 45.9 Å². The third-order valence-corrected chi connectivity index (χ3v) is 17.3. The molecule has 0 saturated carbocycles. The van der Waals surface area contributed by atoms with Crippen molar-refractivity contribution >= 4 is 73.9 Å². The van der Waals surface area contributed by atoms with Gasteiger partial charge in [-0.05, 0) is 47.2 Å². The zero-order valence-corrected chi connectivity index (χ0v) is 39.6. The minimum absolute atomic E-state index is 0.0841. The van der Waals surface area contributed by atoms with Crippen molar-refractivity contribution in [2.24, 2.45) is 0 Å². The highest BCUT2D eigenvalue weighted by molar-refractivity contribution is 7.20. The summed E-state index contributed by atoms with van der Waals surface area (Å²) in [6, 6.07) is -4.56. The van der Waals surface area contributed by atoms with Crippen LogP contribution in [0.5, 0.6) is 0 Å².